The van der Waals surface area contributed by atoms with Crippen molar-refractivity contribution in [3.8, 4) is 11.1 Å². The number of pyridine rings is 2. The number of H-pyrrole nitrogens is 1. The highest BCUT2D eigenvalue weighted by atomic mass is 16.1. The second kappa shape index (κ2) is 4.22. The van der Waals surface area contributed by atoms with E-state index < -0.39 is 0 Å². The molecule has 0 atom stereocenters. The van der Waals surface area contributed by atoms with E-state index >= 15 is 0 Å². The highest BCUT2D eigenvalue weighted by molar-refractivity contribution is 6.88. The molecule has 6 heteroatoms. The molecule has 0 bridgehead atoms. The van der Waals surface area contributed by atoms with Gasteiger partial charge < -0.3 is 9.46 Å². The van der Waals surface area contributed by atoms with Crippen LogP contribution in [0.5, 0.6) is 0 Å². The van der Waals surface area contributed by atoms with Crippen LogP contribution in [-0.4, -0.2) is 29.5 Å². The zero-order valence-electron chi connectivity index (χ0n) is 10.1. The Morgan fingerprint density at radius 3 is 3.06 bits per heavy atom. The Morgan fingerprint density at radius 2 is 2.28 bits per heavy atom. The summed E-state index contributed by atoms with van der Waals surface area (Å²) in [5.74, 6) is 0. The fourth-order valence-corrected chi connectivity index (χ4v) is 2.13. The lowest BCUT2D eigenvalue weighted by Gasteiger charge is -2.03. The van der Waals surface area contributed by atoms with Gasteiger partial charge in [-0.2, -0.15) is 0 Å². The van der Waals surface area contributed by atoms with E-state index in [0.29, 0.717) is 7.31 Å². The maximum Gasteiger partial charge on any atom is 0.238 e. The zero-order chi connectivity index (χ0) is 12.5. The second-order valence-electron chi connectivity index (χ2n) is 4.14. The first kappa shape index (κ1) is 10.9. The van der Waals surface area contributed by atoms with Crippen LogP contribution in [0.4, 0.5) is 0 Å². The molecule has 0 radical (unpaired) electrons. The van der Waals surface area contributed by atoms with Crippen molar-refractivity contribution in [3.63, 3.8) is 0 Å². The van der Waals surface area contributed by atoms with E-state index in [-0.39, 0.29) is 5.56 Å². The number of nitrogens with one attached hydrogen (secondary N) is 1. The third-order valence-corrected chi connectivity index (χ3v) is 3.10. The van der Waals surface area contributed by atoms with Gasteiger partial charge in [-0.1, -0.05) is 0 Å². The highest BCUT2D eigenvalue weighted by Gasteiger charge is 2.07. The predicted octanol–water partition coefficient (Wildman–Crippen LogP) is 0.139. The lowest BCUT2D eigenvalue weighted by molar-refractivity contribution is 1.12. The molecular formula is C12H11B2N3O. The number of rotatable bonds is 2. The van der Waals surface area contributed by atoms with Gasteiger partial charge in [0.05, 0.1) is 7.74 Å². The minimum absolute atomic E-state index is 0.0215. The van der Waals surface area contributed by atoms with E-state index in [1.807, 2.05) is 38.3 Å². The van der Waals surface area contributed by atoms with Gasteiger partial charge in [0.15, 0.2) is 0 Å². The summed E-state index contributed by atoms with van der Waals surface area (Å²) < 4.78 is 1.68. The Bertz CT molecular complexity index is 763. The highest BCUT2D eigenvalue weighted by Crippen LogP contribution is 2.25. The Balaban J connectivity index is 2.20. The first-order chi connectivity index (χ1) is 8.79. The van der Waals surface area contributed by atoms with Crippen molar-refractivity contribution in [2.45, 2.75) is 0 Å². The molecular weight excluding hydrogens is 224 g/mol. The van der Waals surface area contributed by atoms with E-state index in [9.17, 15) is 4.79 Å². The molecule has 0 aliphatic rings. The van der Waals surface area contributed by atoms with Crippen molar-refractivity contribution in [1.82, 2.24) is 14.4 Å². The molecule has 1 N–H and O–H groups in total. The van der Waals surface area contributed by atoms with Gasteiger partial charge in [0.25, 0.3) is 0 Å². The molecule has 3 rings (SSSR count). The van der Waals surface area contributed by atoms with Crippen LogP contribution in [0.1, 0.15) is 0 Å². The summed E-state index contributed by atoms with van der Waals surface area (Å²) in [7, 11) is 2.64. The minimum Gasteiger partial charge on any atom is -0.372 e. The van der Waals surface area contributed by atoms with Crippen LogP contribution in [-0.2, 0) is 0 Å². The monoisotopic (exact) mass is 235 g/mol. The van der Waals surface area contributed by atoms with E-state index in [2.05, 4.69) is 9.97 Å². The summed E-state index contributed by atoms with van der Waals surface area (Å²) >= 11 is 0. The third-order valence-electron chi connectivity index (χ3n) is 3.10. The van der Waals surface area contributed by atoms with Gasteiger partial charge in [0.1, 0.15) is 5.65 Å². The van der Waals surface area contributed by atoms with Crippen LogP contribution in [0.15, 0.2) is 47.7 Å². The fourth-order valence-electron chi connectivity index (χ4n) is 2.13. The van der Waals surface area contributed by atoms with Gasteiger partial charge in [-0.05, 0) is 30.0 Å². The van der Waals surface area contributed by atoms with Crippen molar-refractivity contribution >= 4 is 26.1 Å². The smallest absolute Gasteiger partial charge is 0.238 e. The number of nitrogens with zero attached hydrogens (tertiary/aromatic N) is 2. The molecule has 0 unspecified atom stereocenters. The van der Waals surface area contributed by atoms with Gasteiger partial charge in [-0.3, -0.25) is 4.79 Å². The van der Waals surface area contributed by atoms with Gasteiger partial charge in [0, 0.05) is 29.4 Å². The molecule has 0 aliphatic heterocycles. The van der Waals surface area contributed by atoms with Crippen molar-refractivity contribution in [3.05, 3.63) is 53.2 Å². The van der Waals surface area contributed by atoms with E-state index in [4.69, 9.17) is 0 Å². The molecule has 0 spiro atoms. The van der Waals surface area contributed by atoms with Gasteiger partial charge in [-0.15, -0.1) is 0 Å². The number of hydrogen-bond acceptors (Lipinski definition) is 2. The van der Waals surface area contributed by atoms with Gasteiger partial charge in [-0.25, -0.2) is 4.98 Å². The predicted molar refractivity (Wildman–Crippen MR) is 76.9 cm³/mol. The Labute approximate surface area is 105 Å². The van der Waals surface area contributed by atoms with Crippen LogP contribution in [0.25, 0.3) is 22.2 Å². The fraction of sp³-hybridized carbons (Fsp3) is 0. The van der Waals surface area contributed by atoms with E-state index in [0.717, 1.165) is 22.2 Å². The molecule has 0 aliphatic carbocycles. The van der Waals surface area contributed by atoms with Gasteiger partial charge in [0.2, 0.25) is 12.9 Å². The molecule has 4 nitrogen and oxygen atoms in total. The maximum absolute atomic E-state index is 11.8. The second-order valence-corrected chi connectivity index (χ2v) is 4.14. The molecule has 0 fully saturated rings. The summed E-state index contributed by atoms with van der Waals surface area (Å²) in [5.41, 5.74) is 2.79. The topological polar surface area (TPSA) is 50.7 Å². The van der Waals surface area contributed by atoms with Crippen LogP contribution in [0.3, 0.4) is 0 Å². The molecule has 86 valence electrons. The van der Waals surface area contributed by atoms with E-state index in [1.165, 1.54) is 0 Å². The summed E-state index contributed by atoms with van der Waals surface area (Å²) in [5, 5.41) is 1.03. The average Bonchev–Trinajstić information content (AvgIpc) is 2.82. The van der Waals surface area contributed by atoms with Crippen molar-refractivity contribution < 1.29 is 0 Å². The number of aromatic nitrogens is 3. The first-order valence-corrected chi connectivity index (χ1v) is 5.92. The van der Waals surface area contributed by atoms with Crippen LogP contribution < -0.4 is 5.56 Å². The standard InChI is InChI=1S/C12H11B2N3O/c13-14-17-5-3-8(6-11(17)18)10-7-16-12-9(10)2-1-4-15-12/h1-7,14H,13H2,(H,15,16). The quantitative estimate of drug-likeness (QED) is 0.642. The molecule has 3 heterocycles. The van der Waals surface area contributed by atoms with Crippen molar-refractivity contribution in [1.29, 1.82) is 0 Å². The Kier molecular flexibility index (Phi) is 2.55. The number of fused-ring (bicyclic) bond motifs is 1. The largest absolute Gasteiger partial charge is 0.372 e. The SMILES string of the molecule is BBn1ccc(-c2c[nH]c3ncccc23)cc1=O. The molecule has 3 aromatic rings. The van der Waals surface area contributed by atoms with E-state index in [1.54, 1.807) is 16.7 Å². The molecule has 0 saturated carbocycles. The molecule has 0 aromatic carbocycles. The zero-order valence-corrected chi connectivity index (χ0v) is 10.1. The van der Waals surface area contributed by atoms with Crippen LogP contribution in [0, 0.1) is 0 Å². The van der Waals surface area contributed by atoms with Crippen molar-refractivity contribution in [2.75, 3.05) is 0 Å². The molecule has 3 aromatic heterocycles. The number of aromatic amines is 1. The maximum atomic E-state index is 11.8. The van der Waals surface area contributed by atoms with Gasteiger partial charge >= 0.3 is 0 Å². The molecule has 0 saturated heterocycles. The minimum atomic E-state index is 0.0215. The summed E-state index contributed by atoms with van der Waals surface area (Å²) in [4.78, 5) is 19.2. The normalized spacial score (nSPS) is 10.7. The average molecular weight is 235 g/mol. The lowest BCUT2D eigenvalue weighted by Crippen LogP contribution is -2.23. The summed E-state index contributed by atoms with van der Waals surface area (Å²) in [6.07, 6.45) is 5.47. The third kappa shape index (κ3) is 1.66. The van der Waals surface area contributed by atoms with Crippen molar-refractivity contribution in [2.24, 2.45) is 0 Å². The lowest BCUT2D eigenvalue weighted by atomic mass is 9.67. The molecule has 18 heavy (non-hydrogen) atoms. The molecule has 0 amide bonds. The Hall–Kier alpha value is -2.23. The number of hydrogen-bond donors (Lipinski definition) is 1. The summed E-state index contributed by atoms with van der Waals surface area (Å²) in [6, 6.07) is 7.52. The summed E-state index contributed by atoms with van der Waals surface area (Å²) in [6.45, 7) is 0. The van der Waals surface area contributed by atoms with Crippen LogP contribution in [0.2, 0.25) is 0 Å². The van der Waals surface area contributed by atoms with Crippen LogP contribution >= 0.6 is 0 Å². The first-order valence-electron chi connectivity index (χ1n) is 5.92. The Morgan fingerprint density at radius 1 is 1.39 bits per heavy atom.